The van der Waals surface area contributed by atoms with Gasteiger partial charge in [-0.3, -0.25) is 0 Å². The predicted octanol–water partition coefficient (Wildman–Crippen LogP) is 2.67. The first-order valence-electron chi connectivity index (χ1n) is 4.56. The third-order valence-electron chi connectivity index (χ3n) is 1.79. The molecule has 1 heterocycles. The number of hydrogen-bond acceptors (Lipinski definition) is 1. The van der Waals surface area contributed by atoms with E-state index in [9.17, 15) is 0 Å². The van der Waals surface area contributed by atoms with Crippen LogP contribution in [0.5, 0.6) is 0 Å². The molecule has 1 aliphatic rings. The Balaban J connectivity index is 0.000000561. The molecule has 1 rings (SSSR count). The van der Waals surface area contributed by atoms with Crippen molar-refractivity contribution in [2.24, 2.45) is 0 Å². The van der Waals surface area contributed by atoms with Crippen LogP contribution >= 0.6 is 0 Å². The molecule has 0 aromatic rings. The highest BCUT2D eigenvalue weighted by Crippen LogP contribution is 2.13. The summed E-state index contributed by atoms with van der Waals surface area (Å²) < 4.78 is 0. The van der Waals surface area contributed by atoms with Crippen molar-refractivity contribution < 1.29 is 0 Å². The van der Waals surface area contributed by atoms with Crippen molar-refractivity contribution in [3.8, 4) is 0 Å². The minimum atomic E-state index is 0.949. The second-order valence-corrected chi connectivity index (χ2v) is 2.39. The molecule has 0 saturated heterocycles. The van der Waals surface area contributed by atoms with Crippen molar-refractivity contribution in [2.45, 2.75) is 20.3 Å². The van der Waals surface area contributed by atoms with Crippen LogP contribution in [0.2, 0.25) is 0 Å². The van der Waals surface area contributed by atoms with E-state index < -0.39 is 0 Å². The molecular weight excluding hydrogens is 146 g/mol. The molecule has 12 heavy (non-hydrogen) atoms. The van der Waals surface area contributed by atoms with Crippen LogP contribution in [-0.2, 0) is 0 Å². The highest BCUT2D eigenvalue weighted by Gasteiger charge is 2.05. The van der Waals surface area contributed by atoms with Gasteiger partial charge in [-0.2, -0.15) is 0 Å². The summed E-state index contributed by atoms with van der Waals surface area (Å²) in [6.07, 6.45) is 4.92. The molecule has 0 saturated carbocycles. The van der Waals surface area contributed by atoms with Crippen molar-refractivity contribution in [1.82, 2.24) is 5.32 Å². The highest BCUT2D eigenvalue weighted by molar-refractivity contribution is 5.34. The van der Waals surface area contributed by atoms with Crippen LogP contribution in [0.4, 0.5) is 0 Å². The highest BCUT2D eigenvalue weighted by atomic mass is 14.9. The van der Waals surface area contributed by atoms with E-state index in [-0.39, 0.29) is 0 Å². The molecule has 0 fully saturated rings. The summed E-state index contributed by atoms with van der Waals surface area (Å²) in [5.41, 5.74) is 2.63. The summed E-state index contributed by atoms with van der Waals surface area (Å²) in [4.78, 5) is 0. The Hall–Kier alpha value is -0.820. The smallest absolute Gasteiger partial charge is 0.0208 e. The Kier molecular flexibility index (Phi) is 6.39. The average molecular weight is 165 g/mol. The summed E-state index contributed by atoms with van der Waals surface area (Å²) in [6.45, 7) is 13.5. The van der Waals surface area contributed by atoms with Gasteiger partial charge in [0.1, 0.15) is 0 Å². The van der Waals surface area contributed by atoms with Gasteiger partial charge in [0.15, 0.2) is 0 Å². The lowest BCUT2D eigenvalue weighted by atomic mass is 10.0. The molecule has 0 aliphatic carbocycles. The largest absolute Gasteiger partial charge is 0.312 e. The second-order valence-electron chi connectivity index (χ2n) is 2.39. The number of allylic oxidation sites excluding steroid dienone is 1. The average Bonchev–Trinajstić information content (AvgIpc) is 2.20. The fourth-order valence-corrected chi connectivity index (χ4v) is 1.16. The Bertz CT molecular complexity index is 157. The van der Waals surface area contributed by atoms with Gasteiger partial charge >= 0.3 is 0 Å². The molecule has 0 amide bonds. The molecule has 0 aromatic heterocycles. The van der Waals surface area contributed by atoms with Gasteiger partial charge in [-0.15, -0.1) is 0 Å². The molecule has 1 aliphatic heterocycles. The number of nitrogens with one attached hydrogen (secondary N) is 1. The fraction of sp³-hybridized carbons (Fsp3) is 0.455. The van der Waals surface area contributed by atoms with Crippen LogP contribution in [0.3, 0.4) is 0 Å². The van der Waals surface area contributed by atoms with Gasteiger partial charge in [0.05, 0.1) is 0 Å². The minimum absolute atomic E-state index is 0.949. The van der Waals surface area contributed by atoms with Crippen LogP contribution in [-0.4, -0.2) is 13.1 Å². The van der Waals surface area contributed by atoms with Crippen LogP contribution in [0, 0.1) is 0 Å². The summed E-state index contributed by atoms with van der Waals surface area (Å²) in [5, 5.41) is 3.27. The Morgan fingerprint density at radius 1 is 1.17 bits per heavy atom. The normalized spacial score (nSPS) is 16.2. The van der Waals surface area contributed by atoms with Crippen molar-refractivity contribution in [2.75, 3.05) is 13.1 Å². The van der Waals surface area contributed by atoms with Crippen molar-refractivity contribution >= 4 is 0 Å². The fourth-order valence-electron chi connectivity index (χ4n) is 1.16. The zero-order chi connectivity index (χ0) is 9.40. The van der Waals surface area contributed by atoms with Crippen molar-refractivity contribution in [1.29, 1.82) is 0 Å². The summed E-state index contributed by atoms with van der Waals surface area (Å²) in [7, 11) is 0. The van der Waals surface area contributed by atoms with Gasteiger partial charge in [0.25, 0.3) is 0 Å². The van der Waals surface area contributed by atoms with Crippen LogP contribution in [0.15, 0.2) is 36.5 Å². The monoisotopic (exact) mass is 165 g/mol. The molecule has 0 aromatic carbocycles. The van der Waals surface area contributed by atoms with Crippen LogP contribution in [0.25, 0.3) is 0 Å². The second kappa shape index (κ2) is 6.86. The first-order valence-corrected chi connectivity index (χ1v) is 4.56. The maximum Gasteiger partial charge on any atom is 0.0208 e. The van der Waals surface area contributed by atoms with Gasteiger partial charge in [-0.1, -0.05) is 39.2 Å². The molecule has 1 heteroatoms. The van der Waals surface area contributed by atoms with E-state index in [1.165, 1.54) is 11.1 Å². The molecular formula is C11H19N. The topological polar surface area (TPSA) is 12.0 Å². The van der Waals surface area contributed by atoms with Gasteiger partial charge in [-0.25, -0.2) is 0 Å². The van der Waals surface area contributed by atoms with Crippen molar-refractivity contribution in [3.63, 3.8) is 0 Å². The molecule has 0 spiro atoms. The van der Waals surface area contributed by atoms with Gasteiger partial charge < -0.3 is 5.32 Å². The third kappa shape index (κ3) is 3.05. The van der Waals surface area contributed by atoms with E-state index in [1.54, 1.807) is 0 Å². The standard InChI is InChI=1S/C9H13N.C2H6/c1-3-8-5-6-10-7-9(8)4-2;1-2/h3-4,10H,1-2,5-7H2;1-2H3. The lowest BCUT2D eigenvalue weighted by Crippen LogP contribution is -2.23. The zero-order valence-corrected chi connectivity index (χ0v) is 8.19. The van der Waals surface area contributed by atoms with Crippen molar-refractivity contribution in [3.05, 3.63) is 36.5 Å². The predicted molar refractivity (Wildman–Crippen MR) is 56.3 cm³/mol. The van der Waals surface area contributed by atoms with Gasteiger partial charge in [0.2, 0.25) is 0 Å². The van der Waals surface area contributed by atoms with E-state index in [2.05, 4.69) is 18.5 Å². The zero-order valence-electron chi connectivity index (χ0n) is 8.19. The summed E-state index contributed by atoms with van der Waals surface area (Å²) in [6, 6.07) is 0. The van der Waals surface area contributed by atoms with Crippen LogP contribution < -0.4 is 5.32 Å². The maximum atomic E-state index is 3.75. The first-order chi connectivity index (χ1) is 5.88. The van der Waals surface area contributed by atoms with E-state index in [0.29, 0.717) is 0 Å². The molecule has 1 nitrogen and oxygen atoms in total. The third-order valence-corrected chi connectivity index (χ3v) is 1.79. The first kappa shape index (κ1) is 11.2. The molecule has 68 valence electrons. The minimum Gasteiger partial charge on any atom is -0.312 e. The van der Waals surface area contributed by atoms with Crippen LogP contribution in [0.1, 0.15) is 20.3 Å². The quantitative estimate of drug-likeness (QED) is 0.663. The van der Waals surface area contributed by atoms with E-state index in [4.69, 9.17) is 0 Å². The molecule has 0 bridgehead atoms. The molecule has 0 unspecified atom stereocenters. The number of hydrogen-bond donors (Lipinski definition) is 1. The molecule has 0 atom stereocenters. The SMILES string of the molecule is C=CC1=C(C=C)CNCC1.CC. The van der Waals surface area contributed by atoms with E-state index >= 15 is 0 Å². The summed E-state index contributed by atoms with van der Waals surface area (Å²) in [5.74, 6) is 0. The summed E-state index contributed by atoms with van der Waals surface area (Å²) >= 11 is 0. The lowest BCUT2D eigenvalue weighted by Gasteiger charge is -2.15. The van der Waals surface area contributed by atoms with Gasteiger partial charge in [0, 0.05) is 6.54 Å². The van der Waals surface area contributed by atoms with E-state index in [1.807, 2.05) is 26.0 Å². The van der Waals surface area contributed by atoms with E-state index in [0.717, 1.165) is 19.5 Å². The Morgan fingerprint density at radius 3 is 2.17 bits per heavy atom. The Morgan fingerprint density at radius 2 is 1.75 bits per heavy atom. The van der Waals surface area contributed by atoms with Gasteiger partial charge in [-0.05, 0) is 24.1 Å². The maximum absolute atomic E-state index is 3.75. The molecule has 1 N–H and O–H groups in total. The molecule has 0 radical (unpaired) electrons. The lowest BCUT2D eigenvalue weighted by molar-refractivity contribution is 0.696. The Labute approximate surface area is 75.9 Å². The number of rotatable bonds is 2.